The van der Waals surface area contributed by atoms with Crippen molar-refractivity contribution in [1.29, 1.82) is 0 Å². The van der Waals surface area contributed by atoms with E-state index >= 15 is 0 Å². The van der Waals surface area contributed by atoms with Gasteiger partial charge in [0.15, 0.2) is 0 Å². The van der Waals surface area contributed by atoms with Gasteiger partial charge in [-0.25, -0.2) is 4.79 Å². The van der Waals surface area contributed by atoms with Crippen molar-refractivity contribution >= 4 is 17.3 Å². The van der Waals surface area contributed by atoms with Crippen molar-refractivity contribution in [2.45, 2.75) is 13.5 Å². The van der Waals surface area contributed by atoms with Gasteiger partial charge in [-0.05, 0) is 18.6 Å². The maximum Gasteiger partial charge on any atom is 0.339 e. The molecule has 0 saturated heterocycles. The lowest BCUT2D eigenvalue weighted by atomic mass is 10.2. The first-order valence-electron chi connectivity index (χ1n) is 5.02. The number of hydrogen-bond acceptors (Lipinski definition) is 3. The largest absolute Gasteiger partial charge is 0.457 e. The topological polar surface area (TPSA) is 26.3 Å². The van der Waals surface area contributed by atoms with Crippen molar-refractivity contribution < 1.29 is 9.53 Å². The minimum Gasteiger partial charge on any atom is -0.457 e. The van der Waals surface area contributed by atoms with E-state index in [2.05, 4.69) is 0 Å². The second-order valence-corrected chi connectivity index (χ2v) is 4.62. The number of rotatable bonds is 3. The monoisotopic (exact) mass is 232 g/mol. The zero-order valence-electron chi connectivity index (χ0n) is 8.97. The summed E-state index contributed by atoms with van der Waals surface area (Å²) in [5, 5.41) is 1.82. The lowest BCUT2D eigenvalue weighted by Gasteiger charge is -2.02. The molecule has 0 aliphatic heterocycles. The molecule has 2 nitrogen and oxygen atoms in total. The maximum absolute atomic E-state index is 11.6. The number of hydrogen-bond donors (Lipinski definition) is 0. The van der Waals surface area contributed by atoms with Gasteiger partial charge in [-0.2, -0.15) is 0 Å². The summed E-state index contributed by atoms with van der Waals surface area (Å²) in [7, 11) is 0. The van der Waals surface area contributed by atoms with Crippen molar-refractivity contribution in [3.63, 3.8) is 0 Å². The summed E-state index contributed by atoms with van der Waals surface area (Å²) in [5.74, 6) is -0.256. The van der Waals surface area contributed by atoms with E-state index in [1.54, 1.807) is 11.3 Å². The van der Waals surface area contributed by atoms with Crippen LogP contribution in [0.3, 0.4) is 0 Å². The van der Waals surface area contributed by atoms with Gasteiger partial charge < -0.3 is 4.74 Å². The molecule has 16 heavy (non-hydrogen) atoms. The molecule has 0 radical (unpaired) electrons. The van der Waals surface area contributed by atoms with E-state index in [1.807, 2.05) is 48.7 Å². The normalized spacial score (nSPS) is 10.1. The zero-order valence-corrected chi connectivity index (χ0v) is 9.79. The number of ether oxygens (including phenoxy) is 1. The SMILES string of the molecule is Cc1cc(C(=O)OCc2ccccc2)cs1. The molecular weight excluding hydrogens is 220 g/mol. The van der Waals surface area contributed by atoms with E-state index in [1.165, 1.54) is 0 Å². The minimum atomic E-state index is -0.256. The first-order valence-corrected chi connectivity index (χ1v) is 5.90. The molecule has 1 heterocycles. The molecule has 0 aliphatic rings. The predicted molar refractivity (Wildman–Crippen MR) is 64.6 cm³/mol. The Morgan fingerprint density at radius 3 is 2.69 bits per heavy atom. The molecule has 0 amide bonds. The van der Waals surface area contributed by atoms with Gasteiger partial charge in [0.2, 0.25) is 0 Å². The van der Waals surface area contributed by atoms with E-state index in [9.17, 15) is 4.79 Å². The van der Waals surface area contributed by atoms with Crippen LogP contribution in [0, 0.1) is 6.92 Å². The third-order valence-electron chi connectivity index (χ3n) is 2.18. The lowest BCUT2D eigenvalue weighted by Crippen LogP contribution is -2.03. The molecule has 82 valence electrons. The highest BCUT2D eigenvalue weighted by Gasteiger charge is 2.08. The van der Waals surface area contributed by atoms with Crippen LogP contribution in [0.15, 0.2) is 41.8 Å². The summed E-state index contributed by atoms with van der Waals surface area (Å²) in [4.78, 5) is 12.7. The average molecular weight is 232 g/mol. The Balaban J connectivity index is 1.94. The number of carbonyl (C=O) groups excluding carboxylic acids is 1. The molecule has 1 aromatic heterocycles. The molecule has 0 atom stereocenters. The average Bonchev–Trinajstić information content (AvgIpc) is 2.74. The van der Waals surface area contributed by atoms with Gasteiger partial charge in [0.1, 0.15) is 6.61 Å². The molecule has 0 bridgehead atoms. The highest BCUT2D eigenvalue weighted by Crippen LogP contribution is 2.14. The fourth-order valence-electron chi connectivity index (χ4n) is 1.36. The van der Waals surface area contributed by atoms with E-state index in [0.29, 0.717) is 12.2 Å². The molecule has 0 spiro atoms. The van der Waals surface area contributed by atoms with Crippen LogP contribution in [-0.4, -0.2) is 5.97 Å². The standard InChI is InChI=1S/C13H12O2S/c1-10-7-12(9-16-10)13(14)15-8-11-5-3-2-4-6-11/h2-7,9H,8H2,1H3. The van der Waals surface area contributed by atoms with Crippen molar-refractivity contribution in [3.8, 4) is 0 Å². The fourth-order valence-corrected chi connectivity index (χ4v) is 2.03. The van der Waals surface area contributed by atoms with Crippen LogP contribution in [0.2, 0.25) is 0 Å². The summed E-state index contributed by atoms with van der Waals surface area (Å²) >= 11 is 1.55. The summed E-state index contributed by atoms with van der Waals surface area (Å²) in [5.41, 5.74) is 1.64. The second kappa shape index (κ2) is 4.94. The molecule has 1 aromatic carbocycles. The number of esters is 1. The molecule has 2 aromatic rings. The highest BCUT2D eigenvalue weighted by molar-refractivity contribution is 7.10. The first kappa shape index (κ1) is 10.9. The molecule has 2 rings (SSSR count). The number of carbonyl (C=O) groups is 1. The molecule has 0 aliphatic carbocycles. The van der Waals surface area contributed by atoms with Crippen molar-refractivity contribution in [2.75, 3.05) is 0 Å². The van der Waals surface area contributed by atoms with Crippen LogP contribution in [-0.2, 0) is 11.3 Å². The Bertz CT molecular complexity index is 474. The Kier molecular flexibility index (Phi) is 3.37. The van der Waals surface area contributed by atoms with Gasteiger partial charge in [-0.1, -0.05) is 30.3 Å². The van der Waals surface area contributed by atoms with Crippen molar-refractivity contribution in [2.24, 2.45) is 0 Å². The first-order chi connectivity index (χ1) is 7.75. The zero-order chi connectivity index (χ0) is 11.4. The van der Waals surface area contributed by atoms with Gasteiger partial charge >= 0.3 is 5.97 Å². The van der Waals surface area contributed by atoms with Gasteiger partial charge in [-0.3, -0.25) is 0 Å². The quantitative estimate of drug-likeness (QED) is 0.758. The maximum atomic E-state index is 11.6. The molecule has 0 N–H and O–H groups in total. The van der Waals surface area contributed by atoms with Crippen LogP contribution < -0.4 is 0 Å². The molecular formula is C13H12O2S. The second-order valence-electron chi connectivity index (χ2n) is 3.51. The molecule has 3 heteroatoms. The van der Waals surface area contributed by atoms with Crippen LogP contribution in [0.5, 0.6) is 0 Å². The lowest BCUT2D eigenvalue weighted by molar-refractivity contribution is 0.0473. The third-order valence-corrected chi connectivity index (χ3v) is 3.04. The van der Waals surface area contributed by atoms with Crippen LogP contribution in [0.4, 0.5) is 0 Å². The van der Waals surface area contributed by atoms with Crippen LogP contribution in [0.25, 0.3) is 0 Å². The predicted octanol–water partition coefficient (Wildman–Crippen LogP) is 3.41. The Morgan fingerprint density at radius 1 is 1.31 bits per heavy atom. The van der Waals surface area contributed by atoms with Gasteiger partial charge in [0, 0.05) is 10.3 Å². The molecule has 0 fully saturated rings. The Hall–Kier alpha value is -1.61. The fraction of sp³-hybridized carbons (Fsp3) is 0.154. The summed E-state index contributed by atoms with van der Waals surface area (Å²) in [6.07, 6.45) is 0. The number of aryl methyl sites for hydroxylation is 1. The minimum absolute atomic E-state index is 0.256. The molecule has 0 unspecified atom stereocenters. The van der Waals surface area contributed by atoms with Gasteiger partial charge in [0.25, 0.3) is 0 Å². The van der Waals surface area contributed by atoms with E-state index in [0.717, 1.165) is 10.4 Å². The Labute approximate surface area is 98.5 Å². The Morgan fingerprint density at radius 2 is 2.06 bits per heavy atom. The number of thiophene rings is 1. The summed E-state index contributed by atoms with van der Waals surface area (Å²) in [6.45, 7) is 2.30. The third kappa shape index (κ3) is 2.70. The summed E-state index contributed by atoms with van der Waals surface area (Å²) in [6, 6.07) is 11.5. The van der Waals surface area contributed by atoms with E-state index in [-0.39, 0.29) is 5.97 Å². The highest BCUT2D eigenvalue weighted by atomic mass is 32.1. The smallest absolute Gasteiger partial charge is 0.339 e. The van der Waals surface area contributed by atoms with E-state index < -0.39 is 0 Å². The van der Waals surface area contributed by atoms with Crippen LogP contribution in [0.1, 0.15) is 20.8 Å². The summed E-state index contributed by atoms with van der Waals surface area (Å²) < 4.78 is 5.20. The van der Waals surface area contributed by atoms with Crippen molar-refractivity contribution in [3.05, 3.63) is 57.8 Å². The van der Waals surface area contributed by atoms with Gasteiger partial charge in [-0.15, -0.1) is 11.3 Å². The molecule has 0 saturated carbocycles. The van der Waals surface area contributed by atoms with Gasteiger partial charge in [0.05, 0.1) is 5.56 Å². The van der Waals surface area contributed by atoms with Crippen molar-refractivity contribution in [1.82, 2.24) is 0 Å². The van der Waals surface area contributed by atoms with Crippen LogP contribution >= 0.6 is 11.3 Å². The van der Waals surface area contributed by atoms with E-state index in [4.69, 9.17) is 4.74 Å². The number of benzene rings is 1.